The van der Waals surface area contributed by atoms with Crippen molar-refractivity contribution in [2.45, 2.75) is 0 Å². The maximum Gasteiger partial charge on any atom is 0.224 e. The molecule has 3 aromatic rings. The molecule has 0 amide bonds. The largest absolute Gasteiger partial charge is 0.322 e. The summed E-state index contributed by atoms with van der Waals surface area (Å²) in [5, 5.41) is 1.07. The molecular weight excluding hydrogens is 295 g/mol. The Labute approximate surface area is 117 Å². The van der Waals surface area contributed by atoms with Gasteiger partial charge in [-0.25, -0.2) is 9.97 Å². The minimum atomic E-state index is 0.162. The van der Waals surface area contributed by atoms with E-state index in [1.165, 1.54) is 0 Å². The quantitative estimate of drug-likeness (QED) is 0.691. The summed E-state index contributed by atoms with van der Waals surface area (Å²) in [6, 6.07) is 5.34. The molecule has 0 fully saturated rings. The Bertz CT molecular complexity index is 738. The number of aromatic nitrogens is 4. The van der Waals surface area contributed by atoms with E-state index < -0.39 is 0 Å². The number of rotatable bonds is 1. The third-order valence-corrected chi connectivity index (χ3v) is 3.42. The first kappa shape index (κ1) is 11.7. The molecule has 1 aromatic carbocycles. The Balaban J connectivity index is 2.22. The van der Waals surface area contributed by atoms with Crippen LogP contribution in [0.1, 0.15) is 0 Å². The molecule has 0 saturated carbocycles. The highest BCUT2D eigenvalue weighted by molar-refractivity contribution is 6.43. The average Bonchev–Trinajstić information content (AvgIpc) is 2.75. The maximum atomic E-state index is 6.13. The minimum Gasteiger partial charge on any atom is -0.322 e. The molecule has 7 heteroatoms. The van der Waals surface area contributed by atoms with Gasteiger partial charge in [-0.05, 0) is 23.7 Å². The van der Waals surface area contributed by atoms with Crippen molar-refractivity contribution < 1.29 is 0 Å². The summed E-state index contributed by atoms with van der Waals surface area (Å²) in [6.45, 7) is 0. The third-order valence-electron chi connectivity index (χ3n) is 2.42. The van der Waals surface area contributed by atoms with E-state index in [4.69, 9.17) is 34.8 Å². The topological polar surface area (TPSA) is 54.5 Å². The van der Waals surface area contributed by atoms with E-state index in [1.807, 2.05) is 6.07 Å². The van der Waals surface area contributed by atoms with Gasteiger partial charge in [-0.1, -0.05) is 29.3 Å². The standard InChI is InChI=1S/C11H5Cl3N4/c12-6-3-1-2-5(8(6)13)9-16-7-4-15-11(14)18-10(7)17-9/h1-4H,(H,15,16,17,18). The van der Waals surface area contributed by atoms with E-state index in [-0.39, 0.29) is 5.28 Å². The number of benzene rings is 1. The van der Waals surface area contributed by atoms with Crippen LogP contribution in [-0.2, 0) is 0 Å². The highest BCUT2D eigenvalue weighted by atomic mass is 35.5. The molecule has 0 radical (unpaired) electrons. The number of hydrogen-bond acceptors (Lipinski definition) is 3. The van der Waals surface area contributed by atoms with Crippen LogP contribution in [0.4, 0.5) is 0 Å². The van der Waals surface area contributed by atoms with Crippen LogP contribution in [0.2, 0.25) is 15.3 Å². The summed E-state index contributed by atoms with van der Waals surface area (Å²) in [7, 11) is 0. The van der Waals surface area contributed by atoms with Gasteiger partial charge in [0.05, 0.1) is 16.2 Å². The van der Waals surface area contributed by atoms with Crippen LogP contribution in [0.3, 0.4) is 0 Å². The van der Waals surface area contributed by atoms with E-state index >= 15 is 0 Å². The van der Waals surface area contributed by atoms with Crippen LogP contribution >= 0.6 is 34.8 Å². The molecule has 0 aliphatic heterocycles. The molecule has 0 unspecified atom stereocenters. The summed E-state index contributed by atoms with van der Waals surface area (Å²) < 4.78 is 0. The van der Waals surface area contributed by atoms with Gasteiger partial charge < -0.3 is 4.98 Å². The molecule has 18 heavy (non-hydrogen) atoms. The normalized spacial score (nSPS) is 11.1. The van der Waals surface area contributed by atoms with Gasteiger partial charge >= 0.3 is 0 Å². The SMILES string of the molecule is Clc1ncc2nc(-c3cccc(Cl)c3Cl)[nH]c2n1. The number of halogens is 3. The van der Waals surface area contributed by atoms with Gasteiger partial charge in [-0.2, -0.15) is 4.98 Å². The molecule has 0 atom stereocenters. The number of aromatic amines is 1. The first-order valence-corrected chi connectivity index (χ1v) is 6.11. The van der Waals surface area contributed by atoms with Crippen LogP contribution < -0.4 is 0 Å². The number of imidazole rings is 1. The zero-order valence-electron chi connectivity index (χ0n) is 8.78. The van der Waals surface area contributed by atoms with E-state index in [0.29, 0.717) is 32.6 Å². The first-order chi connectivity index (χ1) is 8.65. The van der Waals surface area contributed by atoms with Gasteiger partial charge in [-0.15, -0.1) is 0 Å². The molecule has 3 rings (SSSR count). The summed E-state index contributed by atoms with van der Waals surface area (Å²) in [4.78, 5) is 15.3. The van der Waals surface area contributed by atoms with Crippen molar-refractivity contribution >= 4 is 46.0 Å². The van der Waals surface area contributed by atoms with E-state index in [0.717, 1.165) is 0 Å². The minimum absolute atomic E-state index is 0.162. The molecule has 1 N–H and O–H groups in total. The monoisotopic (exact) mass is 298 g/mol. The smallest absolute Gasteiger partial charge is 0.224 e. The fourth-order valence-corrected chi connectivity index (χ4v) is 2.13. The number of nitrogens with zero attached hydrogens (tertiary/aromatic N) is 3. The molecular formula is C11H5Cl3N4. The third kappa shape index (κ3) is 1.92. The molecule has 0 spiro atoms. The van der Waals surface area contributed by atoms with Crippen molar-refractivity contribution in [1.29, 1.82) is 0 Å². The average molecular weight is 300 g/mol. The van der Waals surface area contributed by atoms with E-state index in [1.54, 1.807) is 18.3 Å². The van der Waals surface area contributed by atoms with Crippen molar-refractivity contribution in [3.63, 3.8) is 0 Å². The Hall–Kier alpha value is -1.36. The second kappa shape index (κ2) is 4.39. The zero-order valence-corrected chi connectivity index (χ0v) is 11.1. The predicted octanol–water partition coefficient (Wildman–Crippen LogP) is 3.98. The van der Waals surface area contributed by atoms with Crippen LogP contribution in [0.25, 0.3) is 22.6 Å². The first-order valence-electron chi connectivity index (χ1n) is 4.98. The number of hydrogen-bond donors (Lipinski definition) is 1. The summed E-state index contributed by atoms with van der Waals surface area (Å²) >= 11 is 17.8. The molecule has 90 valence electrons. The second-order valence-electron chi connectivity index (χ2n) is 3.56. The lowest BCUT2D eigenvalue weighted by molar-refractivity contribution is 1.20. The molecule has 0 saturated heterocycles. The lowest BCUT2D eigenvalue weighted by Gasteiger charge is -2.01. The summed E-state index contributed by atoms with van der Waals surface area (Å²) in [5.41, 5.74) is 1.88. The van der Waals surface area contributed by atoms with Crippen molar-refractivity contribution in [1.82, 2.24) is 19.9 Å². The van der Waals surface area contributed by atoms with Gasteiger partial charge in [0, 0.05) is 5.56 Å². The van der Waals surface area contributed by atoms with Crippen molar-refractivity contribution in [3.05, 3.63) is 39.7 Å². The van der Waals surface area contributed by atoms with Gasteiger partial charge in [0.2, 0.25) is 5.28 Å². The number of fused-ring (bicyclic) bond motifs is 1. The van der Waals surface area contributed by atoms with Crippen LogP contribution in [-0.4, -0.2) is 19.9 Å². The fraction of sp³-hybridized carbons (Fsp3) is 0. The zero-order chi connectivity index (χ0) is 12.7. The number of H-pyrrole nitrogens is 1. The van der Waals surface area contributed by atoms with Crippen LogP contribution in [0, 0.1) is 0 Å². The summed E-state index contributed by atoms with van der Waals surface area (Å²) in [5.74, 6) is 0.578. The van der Waals surface area contributed by atoms with Gasteiger partial charge in [-0.3, -0.25) is 0 Å². The van der Waals surface area contributed by atoms with Gasteiger partial charge in [0.25, 0.3) is 0 Å². The lowest BCUT2D eigenvalue weighted by Crippen LogP contribution is -1.82. The Morgan fingerprint density at radius 2 is 1.89 bits per heavy atom. The van der Waals surface area contributed by atoms with Gasteiger partial charge in [0.15, 0.2) is 5.65 Å². The Morgan fingerprint density at radius 3 is 2.72 bits per heavy atom. The Kier molecular flexibility index (Phi) is 2.86. The van der Waals surface area contributed by atoms with Crippen molar-refractivity contribution in [2.24, 2.45) is 0 Å². The van der Waals surface area contributed by atoms with Crippen molar-refractivity contribution in [2.75, 3.05) is 0 Å². The molecule has 0 aliphatic rings. The van der Waals surface area contributed by atoms with Crippen LogP contribution in [0.15, 0.2) is 24.4 Å². The number of nitrogens with one attached hydrogen (secondary N) is 1. The van der Waals surface area contributed by atoms with Crippen molar-refractivity contribution in [3.8, 4) is 11.4 Å². The highest BCUT2D eigenvalue weighted by Crippen LogP contribution is 2.32. The Morgan fingerprint density at radius 1 is 1.06 bits per heavy atom. The van der Waals surface area contributed by atoms with Crippen LogP contribution in [0.5, 0.6) is 0 Å². The predicted molar refractivity (Wildman–Crippen MR) is 72.1 cm³/mol. The second-order valence-corrected chi connectivity index (χ2v) is 4.68. The molecule has 0 aliphatic carbocycles. The molecule has 0 bridgehead atoms. The fourth-order valence-electron chi connectivity index (χ4n) is 1.60. The molecule has 2 heterocycles. The summed E-state index contributed by atoms with van der Waals surface area (Å²) in [6.07, 6.45) is 1.54. The van der Waals surface area contributed by atoms with E-state index in [9.17, 15) is 0 Å². The van der Waals surface area contributed by atoms with E-state index in [2.05, 4.69) is 19.9 Å². The highest BCUT2D eigenvalue weighted by Gasteiger charge is 2.12. The maximum absolute atomic E-state index is 6.13. The molecule has 2 aromatic heterocycles. The lowest BCUT2D eigenvalue weighted by atomic mass is 10.2. The van der Waals surface area contributed by atoms with Gasteiger partial charge in [0.1, 0.15) is 11.3 Å². The molecule has 4 nitrogen and oxygen atoms in total.